The van der Waals surface area contributed by atoms with Gasteiger partial charge in [-0.05, 0) is 67.1 Å². The van der Waals surface area contributed by atoms with Crippen LogP contribution >= 0.6 is 0 Å². The molecule has 0 bridgehead atoms. The van der Waals surface area contributed by atoms with Crippen LogP contribution < -0.4 is 21.3 Å². The topological polar surface area (TPSA) is 122 Å². The molecule has 2 saturated heterocycles. The van der Waals surface area contributed by atoms with Gasteiger partial charge in [0.2, 0.25) is 0 Å². The van der Waals surface area contributed by atoms with E-state index in [2.05, 4.69) is 25.1 Å². The fraction of sp³-hybridized carbons (Fsp3) is 0.389. The molecule has 0 atom stereocenters. The summed E-state index contributed by atoms with van der Waals surface area (Å²) >= 11 is 0. The first-order valence-corrected chi connectivity index (χ1v) is 16.8. The minimum Gasteiger partial charge on any atom is -0.392 e. The Balaban J connectivity index is 1.07. The molecule has 0 unspecified atom stereocenters. The standard InChI is InChI=1S/C36H40N8O4/c1-40-20-25(17-30(35(40)46)39-33-8-7-26(19-38-33)41-11-13-42(14-12-41)27-22-48-23-27)28-9-10-37-34(29(28)21-45)44-16-15-43-31-6-4-2-3-5-24(31)18-32(43)36(44)47/h7-10,15-20,27,45H,2-6,11-14,21-23H2,1H3,(H,38,39). The van der Waals surface area contributed by atoms with Crippen molar-refractivity contribution in [3.05, 3.63) is 98.8 Å². The summed E-state index contributed by atoms with van der Waals surface area (Å²) in [7, 11) is 1.69. The van der Waals surface area contributed by atoms with Gasteiger partial charge in [-0.2, -0.15) is 0 Å². The second kappa shape index (κ2) is 12.7. The second-order valence-corrected chi connectivity index (χ2v) is 13.0. The number of rotatable bonds is 7. The lowest BCUT2D eigenvalue weighted by Gasteiger charge is -2.43. The Morgan fingerprint density at radius 3 is 2.54 bits per heavy atom. The minimum atomic E-state index is -0.342. The van der Waals surface area contributed by atoms with Gasteiger partial charge in [-0.3, -0.25) is 19.1 Å². The van der Waals surface area contributed by atoms with Crippen LogP contribution in [0.25, 0.3) is 22.5 Å². The number of anilines is 3. The molecule has 2 aliphatic heterocycles. The third-order valence-electron chi connectivity index (χ3n) is 10.1. The number of nitrogens with zero attached hydrogens (tertiary/aromatic N) is 7. The van der Waals surface area contributed by atoms with Crippen molar-refractivity contribution in [2.24, 2.45) is 7.05 Å². The zero-order chi connectivity index (χ0) is 32.8. The molecule has 5 aromatic rings. The Hall–Kier alpha value is -4.78. The summed E-state index contributed by atoms with van der Waals surface area (Å²) in [6, 6.07) is 10.0. The molecular formula is C36H40N8O4. The molecular weight excluding hydrogens is 608 g/mol. The first kappa shape index (κ1) is 30.5. The molecule has 2 fully saturated rings. The number of nitrogens with one attached hydrogen (secondary N) is 1. The van der Waals surface area contributed by atoms with Crippen molar-refractivity contribution in [2.45, 2.75) is 44.8 Å². The Morgan fingerprint density at radius 2 is 1.79 bits per heavy atom. The zero-order valence-electron chi connectivity index (χ0n) is 27.1. The fourth-order valence-corrected chi connectivity index (χ4v) is 7.35. The van der Waals surface area contributed by atoms with E-state index in [0.29, 0.717) is 45.6 Å². The van der Waals surface area contributed by atoms with Crippen LogP contribution in [0.1, 0.15) is 36.1 Å². The predicted molar refractivity (Wildman–Crippen MR) is 185 cm³/mol. The number of hydrogen-bond acceptors (Lipinski definition) is 9. The van der Waals surface area contributed by atoms with Crippen LogP contribution in [0.4, 0.5) is 17.2 Å². The van der Waals surface area contributed by atoms with E-state index in [0.717, 1.165) is 70.8 Å². The largest absolute Gasteiger partial charge is 0.392 e. The molecule has 248 valence electrons. The van der Waals surface area contributed by atoms with Crippen molar-refractivity contribution < 1.29 is 9.84 Å². The Bertz CT molecular complexity index is 2090. The number of aliphatic hydroxyl groups excluding tert-OH is 1. The third kappa shape index (κ3) is 5.49. The summed E-state index contributed by atoms with van der Waals surface area (Å²) in [4.78, 5) is 41.1. The molecule has 12 nitrogen and oxygen atoms in total. The first-order chi connectivity index (χ1) is 23.5. The number of pyridine rings is 3. The van der Waals surface area contributed by atoms with E-state index in [4.69, 9.17) is 4.74 Å². The van der Waals surface area contributed by atoms with Crippen LogP contribution in [-0.2, 0) is 31.2 Å². The summed E-state index contributed by atoms with van der Waals surface area (Å²) in [5, 5.41) is 13.9. The summed E-state index contributed by atoms with van der Waals surface area (Å²) in [6.45, 7) is 5.19. The van der Waals surface area contributed by atoms with Crippen LogP contribution in [0.2, 0.25) is 0 Å². The van der Waals surface area contributed by atoms with E-state index in [1.54, 1.807) is 37.8 Å². The van der Waals surface area contributed by atoms with Crippen molar-refractivity contribution in [3.8, 4) is 16.9 Å². The van der Waals surface area contributed by atoms with Gasteiger partial charge in [0.25, 0.3) is 11.1 Å². The lowest BCUT2D eigenvalue weighted by molar-refractivity contribution is -0.0660. The molecule has 0 spiro atoms. The highest BCUT2D eigenvalue weighted by molar-refractivity contribution is 5.73. The normalized spacial score (nSPS) is 17.2. The molecule has 0 amide bonds. The lowest BCUT2D eigenvalue weighted by Crippen LogP contribution is -2.56. The molecule has 5 aromatic heterocycles. The molecule has 48 heavy (non-hydrogen) atoms. The van der Waals surface area contributed by atoms with Crippen LogP contribution in [0.5, 0.6) is 0 Å². The van der Waals surface area contributed by atoms with E-state index in [9.17, 15) is 14.7 Å². The second-order valence-electron chi connectivity index (χ2n) is 13.0. The van der Waals surface area contributed by atoms with Crippen molar-refractivity contribution in [2.75, 3.05) is 49.6 Å². The summed E-state index contributed by atoms with van der Waals surface area (Å²) in [5.41, 5.74) is 5.93. The van der Waals surface area contributed by atoms with Gasteiger partial charge in [0, 0.05) is 74.8 Å². The Kier molecular flexibility index (Phi) is 8.07. The third-order valence-corrected chi connectivity index (χ3v) is 10.1. The van der Waals surface area contributed by atoms with Crippen molar-refractivity contribution >= 4 is 22.7 Å². The lowest BCUT2D eigenvalue weighted by atomic mass is 10.0. The summed E-state index contributed by atoms with van der Waals surface area (Å²) < 4.78 is 10.4. The maximum absolute atomic E-state index is 13.8. The van der Waals surface area contributed by atoms with Gasteiger partial charge in [-0.15, -0.1) is 0 Å². The molecule has 1 aliphatic carbocycles. The molecule has 0 radical (unpaired) electrons. The van der Waals surface area contributed by atoms with Crippen LogP contribution in [0.15, 0.2) is 70.9 Å². The smallest absolute Gasteiger partial charge is 0.280 e. The number of ether oxygens (including phenoxy) is 1. The first-order valence-electron chi connectivity index (χ1n) is 16.8. The Labute approximate surface area is 277 Å². The van der Waals surface area contributed by atoms with Crippen molar-refractivity contribution in [1.82, 2.24) is 28.4 Å². The highest BCUT2D eigenvalue weighted by Crippen LogP contribution is 2.30. The van der Waals surface area contributed by atoms with Crippen LogP contribution in [0, 0.1) is 0 Å². The number of aromatic nitrogens is 5. The van der Waals surface area contributed by atoms with Gasteiger partial charge in [-0.1, -0.05) is 6.42 Å². The molecule has 2 N–H and O–H groups in total. The highest BCUT2D eigenvalue weighted by Gasteiger charge is 2.29. The SMILES string of the molecule is Cn1cc(-c2ccnc(-n3ccn4c5c(cc4c3=O)CCCCC5)c2CO)cc(Nc2ccc(N3CCN(C4COC4)CC3)cn2)c1=O. The number of hydrogen-bond donors (Lipinski definition) is 2. The summed E-state index contributed by atoms with van der Waals surface area (Å²) in [5.74, 6) is 0.919. The van der Waals surface area contributed by atoms with E-state index >= 15 is 0 Å². The molecule has 8 rings (SSSR count). The molecule has 7 heterocycles. The quantitative estimate of drug-likeness (QED) is 0.256. The number of fused-ring (bicyclic) bond motifs is 3. The summed E-state index contributed by atoms with van der Waals surface area (Å²) in [6.07, 6.45) is 14.2. The van der Waals surface area contributed by atoms with Crippen molar-refractivity contribution in [3.63, 3.8) is 0 Å². The van der Waals surface area contributed by atoms with E-state index < -0.39 is 0 Å². The highest BCUT2D eigenvalue weighted by atomic mass is 16.5. The van der Waals surface area contributed by atoms with Crippen LogP contribution in [-0.4, -0.2) is 78.9 Å². The van der Waals surface area contributed by atoms with Gasteiger partial charge in [0.15, 0.2) is 0 Å². The average molecular weight is 649 g/mol. The van der Waals surface area contributed by atoms with Gasteiger partial charge in [-0.25, -0.2) is 9.97 Å². The van der Waals surface area contributed by atoms with Gasteiger partial charge in [0.05, 0.1) is 37.7 Å². The molecule has 0 aromatic carbocycles. The zero-order valence-corrected chi connectivity index (χ0v) is 27.1. The van der Waals surface area contributed by atoms with E-state index in [-0.39, 0.29) is 17.7 Å². The van der Waals surface area contributed by atoms with E-state index in [1.807, 2.05) is 35.0 Å². The average Bonchev–Trinajstić information content (AvgIpc) is 3.27. The number of aliphatic hydroxyl groups is 1. The van der Waals surface area contributed by atoms with Crippen LogP contribution in [0.3, 0.4) is 0 Å². The maximum Gasteiger partial charge on any atom is 0.280 e. The molecule has 0 saturated carbocycles. The monoisotopic (exact) mass is 648 g/mol. The van der Waals surface area contributed by atoms with Gasteiger partial charge < -0.3 is 29.0 Å². The van der Waals surface area contributed by atoms with Gasteiger partial charge >= 0.3 is 0 Å². The number of piperazine rings is 1. The Morgan fingerprint density at radius 1 is 0.958 bits per heavy atom. The maximum atomic E-state index is 13.8. The van der Waals surface area contributed by atoms with E-state index in [1.165, 1.54) is 26.8 Å². The molecule has 3 aliphatic rings. The minimum absolute atomic E-state index is 0.183. The fourth-order valence-electron chi connectivity index (χ4n) is 7.35. The predicted octanol–water partition coefficient (Wildman–Crippen LogP) is 3.27. The van der Waals surface area contributed by atoms with Crippen molar-refractivity contribution in [1.29, 1.82) is 0 Å². The molecule has 12 heteroatoms. The van der Waals surface area contributed by atoms with Gasteiger partial charge in [0.1, 0.15) is 22.8 Å². The number of aryl methyl sites for hydroxylation is 3.